The maximum atomic E-state index is 10.6. The zero-order valence-electron chi connectivity index (χ0n) is 13.0. The van der Waals surface area contributed by atoms with Gasteiger partial charge in [0.25, 0.3) is 0 Å². The van der Waals surface area contributed by atoms with Crippen LogP contribution in [0.1, 0.15) is 73.1 Å². The van der Waals surface area contributed by atoms with Crippen LogP contribution in [0.5, 0.6) is 0 Å². The van der Waals surface area contributed by atoms with Gasteiger partial charge in [0.2, 0.25) is 0 Å². The van der Waals surface area contributed by atoms with E-state index in [1.54, 1.807) is 0 Å². The molecule has 18 heavy (non-hydrogen) atoms. The molecular formula is C16H32O2. The maximum absolute atomic E-state index is 10.6. The summed E-state index contributed by atoms with van der Waals surface area (Å²) in [5.41, 5.74) is 0.0202. The predicted molar refractivity (Wildman–Crippen MR) is 76.7 cm³/mol. The van der Waals surface area contributed by atoms with Crippen molar-refractivity contribution in [1.29, 1.82) is 0 Å². The SMILES string of the molecule is CCOC1(C(O)CCC(C)(C)C)CCCC(C)C1. The molecule has 3 unspecified atom stereocenters. The van der Waals surface area contributed by atoms with Crippen molar-refractivity contribution in [2.24, 2.45) is 11.3 Å². The lowest BCUT2D eigenvalue weighted by Gasteiger charge is -2.43. The Hall–Kier alpha value is -0.0800. The summed E-state index contributed by atoms with van der Waals surface area (Å²) in [5.74, 6) is 0.676. The first kappa shape index (κ1) is 16.0. The molecule has 0 radical (unpaired) electrons. The van der Waals surface area contributed by atoms with Gasteiger partial charge in [0.05, 0.1) is 11.7 Å². The van der Waals surface area contributed by atoms with E-state index in [1.807, 2.05) is 6.92 Å². The molecule has 0 aliphatic heterocycles. The normalized spacial score (nSPS) is 31.3. The van der Waals surface area contributed by atoms with E-state index in [2.05, 4.69) is 27.7 Å². The largest absolute Gasteiger partial charge is 0.390 e. The molecule has 1 saturated carbocycles. The van der Waals surface area contributed by atoms with Crippen molar-refractivity contribution >= 4 is 0 Å². The fraction of sp³-hybridized carbons (Fsp3) is 1.00. The monoisotopic (exact) mass is 256 g/mol. The summed E-state index contributed by atoms with van der Waals surface area (Å²) >= 11 is 0. The Kier molecular flexibility index (Phi) is 5.67. The first-order chi connectivity index (χ1) is 8.29. The Morgan fingerprint density at radius 1 is 1.39 bits per heavy atom. The molecule has 0 aromatic rings. The first-order valence-corrected chi connectivity index (χ1v) is 7.61. The van der Waals surface area contributed by atoms with Gasteiger partial charge >= 0.3 is 0 Å². The van der Waals surface area contributed by atoms with Gasteiger partial charge < -0.3 is 9.84 Å². The Bertz CT molecular complexity index is 240. The molecule has 1 aliphatic rings. The fourth-order valence-corrected chi connectivity index (χ4v) is 3.19. The number of hydrogen-bond donors (Lipinski definition) is 1. The zero-order chi connectivity index (χ0) is 13.8. The first-order valence-electron chi connectivity index (χ1n) is 7.61. The Balaban J connectivity index is 2.65. The molecule has 3 atom stereocenters. The van der Waals surface area contributed by atoms with Crippen LogP contribution in [-0.4, -0.2) is 23.4 Å². The van der Waals surface area contributed by atoms with Gasteiger partial charge in [-0.05, 0) is 43.9 Å². The highest BCUT2D eigenvalue weighted by Crippen LogP contribution is 2.40. The van der Waals surface area contributed by atoms with E-state index in [0.29, 0.717) is 12.5 Å². The Morgan fingerprint density at radius 2 is 2.06 bits per heavy atom. The van der Waals surface area contributed by atoms with Crippen molar-refractivity contribution in [1.82, 2.24) is 0 Å². The van der Waals surface area contributed by atoms with Crippen LogP contribution in [0.15, 0.2) is 0 Å². The molecule has 1 aliphatic carbocycles. The van der Waals surface area contributed by atoms with Crippen LogP contribution in [0.4, 0.5) is 0 Å². The molecule has 1 N–H and O–H groups in total. The van der Waals surface area contributed by atoms with Crippen LogP contribution in [0.2, 0.25) is 0 Å². The van der Waals surface area contributed by atoms with Gasteiger partial charge in [-0.1, -0.05) is 40.5 Å². The van der Waals surface area contributed by atoms with Crippen LogP contribution in [0.3, 0.4) is 0 Å². The smallest absolute Gasteiger partial charge is 0.0942 e. The minimum absolute atomic E-state index is 0.266. The molecule has 0 aromatic heterocycles. The van der Waals surface area contributed by atoms with E-state index in [0.717, 1.165) is 25.7 Å². The number of aliphatic hydroxyl groups excluding tert-OH is 1. The summed E-state index contributed by atoms with van der Waals surface area (Å²) in [6.07, 6.45) is 6.12. The van der Waals surface area contributed by atoms with Gasteiger partial charge in [-0.15, -0.1) is 0 Å². The second kappa shape index (κ2) is 6.38. The third kappa shape index (κ3) is 4.55. The Labute approximate surface area is 113 Å². The van der Waals surface area contributed by atoms with Gasteiger partial charge in [0, 0.05) is 6.61 Å². The van der Waals surface area contributed by atoms with Crippen LogP contribution in [0, 0.1) is 11.3 Å². The van der Waals surface area contributed by atoms with Crippen molar-refractivity contribution in [3.05, 3.63) is 0 Å². The molecule has 108 valence electrons. The maximum Gasteiger partial charge on any atom is 0.0942 e. The van der Waals surface area contributed by atoms with Crippen molar-refractivity contribution < 1.29 is 9.84 Å². The van der Waals surface area contributed by atoms with Crippen LogP contribution in [-0.2, 0) is 4.74 Å². The van der Waals surface area contributed by atoms with E-state index in [9.17, 15) is 5.11 Å². The van der Waals surface area contributed by atoms with E-state index in [1.165, 1.54) is 12.8 Å². The topological polar surface area (TPSA) is 29.5 Å². The number of ether oxygens (including phenoxy) is 1. The van der Waals surface area contributed by atoms with Gasteiger partial charge in [-0.25, -0.2) is 0 Å². The highest BCUT2D eigenvalue weighted by molar-refractivity contribution is 4.93. The highest BCUT2D eigenvalue weighted by Gasteiger charge is 2.41. The molecule has 0 saturated heterocycles. The molecular weight excluding hydrogens is 224 g/mol. The minimum atomic E-state index is -0.306. The van der Waals surface area contributed by atoms with E-state index >= 15 is 0 Å². The average Bonchev–Trinajstić information content (AvgIpc) is 2.25. The van der Waals surface area contributed by atoms with Crippen molar-refractivity contribution in [3.8, 4) is 0 Å². The number of hydrogen-bond acceptors (Lipinski definition) is 2. The summed E-state index contributed by atoms with van der Waals surface area (Å²) in [6.45, 7) is 11.7. The van der Waals surface area contributed by atoms with E-state index in [-0.39, 0.29) is 17.1 Å². The lowest BCUT2D eigenvalue weighted by atomic mass is 9.73. The molecule has 0 amide bonds. The quantitative estimate of drug-likeness (QED) is 0.800. The molecule has 0 aromatic carbocycles. The van der Waals surface area contributed by atoms with Gasteiger partial charge in [-0.3, -0.25) is 0 Å². The standard InChI is InChI=1S/C16H32O2/c1-6-18-16(10-7-8-13(2)12-16)14(17)9-11-15(3,4)5/h13-14,17H,6-12H2,1-5H3. The van der Waals surface area contributed by atoms with E-state index < -0.39 is 0 Å². The fourth-order valence-electron chi connectivity index (χ4n) is 3.19. The van der Waals surface area contributed by atoms with Crippen molar-refractivity contribution in [2.75, 3.05) is 6.61 Å². The van der Waals surface area contributed by atoms with Gasteiger partial charge in [0.15, 0.2) is 0 Å². The van der Waals surface area contributed by atoms with Gasteiger partial charge in [-0.2, -0.15) is 0 Å². The summed E-state index contributed by atoms with van der Waals surface area (Å²) in [4.78, 5) is 0. The molecule has 1 fully saturated rings. The molecule has 2 nitrogen and oxygen atoms in total. The number of aliphatic hydroxyl groups is 1. The Morgan fingerprint density at radius 3 is 2.56 bits per heavy atom. The second-order valence-electron chi connectivity index (χ2n) is 7.31. The summed E-state index contributed by atoms with van der Waals surface area (Å²) in [7, 11) is 0. The molecule has 0 heterocycles. The molecule has 2 heteroatoms. The summed E-state index contributed by atoms with van der Waals surface area (Å²) in [6, 6.07) is 0. The molecule has 1 rings (SSSR count). The predicted octanol–water partition coefficient (Wildman–Crippen LogP) is 4.16. The third-order valence-corrected chi connectivity index (χ3v) is 4.20. The lowest BCUT2D eigenvalue weighted by Crippen LogP contribution is -2.48. The van der Waals surface area contributed by atoms with Crippen LogP contribution >= 0.6 is 0 Å². The van der Waals surface area contributed by atoms with Crippen LogP contribution < -0.4 is 0 Å². The lowest BCUT2D eigenvalue weighted by molar-refractivity contribution is -0.151. The minimum Gasteiger partial charge on any atom is -0.390 e. The second-order valence-corrected chi connectivity index (χ2v) is 7.31. The zero-order valence-corrected chi connectivity index (χ0v) is 13.0. The average molecular weight is 256 g/mol. The van der Waals surface area contributed by atoms with E-state index in [4.69, 9.17) is 4.74 Å². The summed E-state index contributed by atoms with van der Waals surface area (Å²) < 4.78 is 6.02. The van der Waals surface area contributed by atoms with Crippen LogP contribution in [0.25, 0.3) is 0 Å². The molecule has 0 bridgehead atoms. The van der Waals surface area contributed by atoms with Crippen molar-refractivity contribution in [3.63, 3.8) is 0 Å². The third-order valence-electron chi connectivity index (χ3n) is 4.20. The molecule has 0 spiro atoms. The van der Waals surface area contributed by atoms with Crippen molar-refractivity contribution in [2.45, 2.75) is 84.8 Å². The summed E-state index contributed by atoms with van der Waals surface area (Å²) in [5, 5.41) is 10.6. The van der Waals surface area contributed by atoms with Gasteiger partial charge in [0.1, 0.15) is 0 Å². The highest BCUT2D eigenvalue weighted by atomic mass is 16.5. The number of rotatable bonds is 5.